The number of carboxylic acid groups (broad SMARTS) is 1. The maximum absolute atomic E-state index is 11.7. The largest absolute Gasteiger partial charge is 0.478 e. The summed E-state index contributed by atoms with van der Waals surface area (Å²) in [6, 6.07) is 0. The Morgan fingerprint density at radius 2 is 1.48 bits per heavy atom. The molecule has 0 aliphatic heterocycles. The van der Waals surface area contributed by atoms with E-state index in [1.54, 1.807) is 0 Å². The summed E-state index contributed by atoms with van der Waals surface area (Å²) < 4.78 is 4.57. The third-order valence-corrected chi connectivity index (χ3v) is 4.09. The molecule has 0 spiro atoms. The van der Waals surface area contributed by atoms with Crippen LogP contribution in [0.3, 0.4) is 0 Å². The lowest BCUT2D eigenvalue weighted by atomic mass is 9.90. The van der Waals surface area contributed by atoms with Crippen molar-refractivity contribution in [3.8, 4) is 0 Å². The lowest BCUT2D eigenvalue weighted by Crippen LogP contribution is -2.33. The van der Waals surface area contributed by atoms with Crippen molar-refractivity contribution >= 4 is 11.9 Å². The molecule has 0 radical (unpaired) electrons. The number of hydrogen-bond acceptors (Lipinski definition) is 4. The molecule has 2 N–H and O–H groups in total. The third-order valence-electron chi connectivity index (χ3n) is 4.09. The Labute approximate surface area is 139 Å². The van der Waals surface area contributed by atoms with Gasteiger partial charge >= 0.3 is 11.9 Å². The Hall–Kier alpha value is -1.36. The first-order valence-electron chi connectivity index (χ1n) is 8.63. The molecule has 0 aromatic heterocycles. The van der Waals surface area contributed by atoms with Gasteiger partial charge in [0, 0.05) is 5.57 Å². The average Bonchev–Trinajstić information content (AvgIpc) is 2.53. The minimum Gasteiger partial charge on any atom is -0.478 e. The Bertz CT molecular complexity index is 364. The van der Waals surface area contributed by atoms with Crippen LogP contribution in [0.4, 0.5) is 0 Å². The van der Waals surface area contributed by atoms with Crippen LogP contribution in [0.2, 0.25) is 0 Å². The summed E-state index contributed by atoms with van der Waals surface area (Å²) in [6.45, 7) is 5.58. The molecule has 0 bridgehead atoms. The zero-order valence-electron chi connectivity index (χ0n) is 14.6. The molecule has 0 unspecified atom stereocenters. The van der Waals surface area contributed by atoms with Crippen molar-refractivity contribution in [2.45, 2.75) is 77.2 Å². The highest BCUT2D eigenvalue weighted by molar-refractivity contribution is 5.94. The van der Waals surface area contributed by atoms with Crippen LogP contribution < -0.4 is 0 Å². The molecule has 0 heterocycles. The van der Waals surface area contributed by atoms with Crippen molar-refractivity contribution in [2.24, 2.45) is 5.92 Å². The number of carbonyl (C=O) groups excluding carboxylic acids is 1. The second kappa shape index (κ2) is 13.1. The number of methoxy groups -OCH3 is 1. The van der Waals surface area contributed by atoms with Gasteiger partial charge in [0.15, 0.2) is 0 Å². The van der Waals surface area contributed by atoms with Crippen LogP contribution in [0.25, 0.3) is 0 Å². The van der Waals surface area contributed by atoms with E-state index in [1.165, 1.54) is 45.6 Å². The van der Waals surface area contributed by atoms with E-state index in [1.807, 2.05) is 0 Å². The molecule has 5 nitrogen and oxygen atoms in total. The Kier molecular flexibility index (Phi) is 12.3. The minimum atomic E-state index is -1.29. The zero-order valence-corrected chi connectivity index (χ0v) is 14.6. The second-order valence-corrected chi connectivity index (χ2v) is 6.02. The smallest absolute Gasteiger partial charge is 0.331 e. The van der Waals surface area contributed by atoms with Crippen molar-refractivity contribution in [1.29, 1.82) is 0 Å². The number of carboxylic acids is 1. The van der Waals surface area contributed by atoms with Crippen molar-refractivity contribution in [3.63, 3.8) is 0 Å². The highest BCUT2D eigenvalue weighted by Gasteiger charge is 2.33. The molecule has 0 aromatic carbocycles. The number of unbranched alkanes of at least 4 members (excludes halogenated alkanes) is 8. The van der Waals surface area contributed by atoms with Crippen LogP contribution in [-0.4, -0.2) is 35.4 Å². The molecule has 0 amide bonds. The Morgan fingerprint density at radius 1 is 1.00 bits per heavy atom. The molecular formula is C18H32O5. The molecule has 5 heteroatoms. The van der Waals surface area contributed by atoms with Gasteiger partial charge in [-0.1, -0.05) is 71.3 Å². The van der Waals surface area contributed by atoms with Crippen molar-refractivity contribution in [2.75, 3.05) is 7.11 Å². The van der Waals surface area contributed by atoms with Crippen LogP contribution in [0.5, 0.6) is 0 Å². The van der Waals surface area contributed by atoms with Crippen molar-refractivity contribution in [3.05, 3.63) is 12.2 Å². The molecule has 0 saturated heterocycles. The van der Waals surface area contributed by atoms with Gasteiger partial charge in [-0.25, -0.2) is 4.79 Å². The summed E-state index contributed by atoms with van der Waals surface area (Å²) in [5.74, 6) is -3.22. The molecule has 0 fully saturated rings. The highest BCUT2D eigenvalue weighted by Crippen LogP contribution is 2.21. The lowest BCUT2D eigenvalue weighted by Gasteiger charge is -2.20. The third kappa shape index (κ3) is 9.39. The number of aliphatic hydroxyl groups is 1. The highest BCUT2D eigenvalue weighted by atomic mass is 16.5. The topological polar surface area (TPSA) is 83.8 Å². The molecule has 0 aromatic rings. The first kappa shape index (κ1) is 21.6. The fourth-order valence-corrected chi connectivity index (χ4v) is 2.62. The van der Waals surface area contributed by atoms with Gasteiger partial charge in [-0.05, 0) is 6.42 Å². The average molecular weight is 328 g/mol. The number of esters is 1. The number of rotatable bonds is 14. The van der Waals surface area contributed by atoms with Gasteiger partial charge in [-0.15, -0.1) is 0 Å². The second-order valence-electron chi connectivity index (χ2n) is 6.02. The monoisotopic (exact) mass is 328 g/mol. The van der Waals surface area contributed by atoms with E-state index in [9.17, 15) is 14.7 Å². The molecule has 134 valence electrons. The van der Waals surface area contributed by atoms with Gasteiger partial charge in [-0.2, -0.15) is 0 Å². The summed E-state index contributed by atoms with van der Waals surface area (Å²) in [4.78, 5) is 22.6. The number of hydrogen-bond donors (Lipinski definition) is 2. The van der Waals surface area contributed by atoms with Crippen LogP contribution in [0.1, 0.15) is 71.1 Å². The number of ether oxygens (including phenoxy) is 1. The standard InChI is InChI=1S/C18H32O5/c1-4-5-6-7-8-9-10-11-12-13-15(19)16(18(22)23-3)14(2)17(20)21/h15-16,19H,2,4-13H2,1,3H3,(H,20,21)/t15-,16+/m1/s1. The van der Waals surface area contributed by atoms with E-state index in [0.29, 0.717) is 6.42 Å². The zero-order chi connectivity index (χ0) is 17.7. The normalized spacial score (nSPS) is 13.3. The Balaban J connectivity index is 4.00. The van der Waals surface area contributed by atoms with E-state index in [4.69, 9.17) is 5.11 Å². The van der Waals surface area contributed by atoms with Gasteiger partial charge in [0.05, 0.1) is 13.2 Å². The lowest BCUT2D eigenvalue weighted by molar-refractivity contribution is -0.150. The van der Waals surface area contributed by atoms with Gasteiger partial charge in [0.2, 0.25) is 0 Å². The molecule has 0 aliphatic carbocycles. The van der Waals surface area contributed by atoms with E-state index in [0.717, 1.165) is 19.3 Å². The number of aliphatic hydroxyl groups excluding tert-OH is 1. The van der Waals surface area contributed by atoms with Crippen LogP contribution in [-0.2, 0) is 14.3 Å². The predicted octanol–water partition coefficient (Wildman–Crippen LogP) is 3.70. The molecule has 2 atom stereocenters. The summed E-state index contributed by atoms with van der Waals surface area (Å²) in [7, 11) is 1.18. The maximum atomic E-state index is 11.7. The summed E-state index contributed by atoms with van der Waals surface area (Å²) in [6.07, 6.45) is 9.70. The SMILES string of the molecule is C=C(C(=O)O)[C@H](C(=O)OC)[C@H](O)CCCCCCCCCCC. The van der Waals surface area contributed by atoms with Gasteiger partial charge in [0.25, 0.3) is 0 Å². The predicted molar refractivity (Wildman–Crippen MR) is 90.1 cm³/mol. The molecule has 0 aliphatic rings. The van der Waals surface area contributed by atoms with E-state index in [-0.39, 0.29) is 5.57 Å². The van der Waals surface area contributed by atoms with Crippen molar-refractivity contribution in [1.82, 2.24) is 0 Å². The minimum absolute atomic E-state index is 0.319. The van der Waals surface area contributed by atoms with Crippen LogP contribution >= 0.6 is 0 Å². The fraction of sp³-hybridized carbons (Fsp3) is 0.778. The summed E-state index contributed by atoms with van der Waals surface area (Å²) in [5.41, 5.74) is -0.319. The summed E-state index contributed by atoms with van der Waals surface area (Å²) >= 11 is 0. The van der Waals surface area contributed by atoms with Gasteiger partial charge in [0.1, 0.15) is 5.92 Å². The van der Waals surface area contributed by atoms with Crippen LogP contribution in [0.15, 0.2) is 12.2 Å². The number of carbonyl (C=O) groups is 2. The van der Waals surface area contributed by atoms with E-state index < -0.39 is 24.0 Å². The first-order valence-corrected chi connectivity index (χ1v) is 8.63. The number of aliphatic carboxylic acids is 1. The molecule has 0 rings (SSSR count). The quantitative estimate of drug-likeness (QED) is 0.288. The molecular weight excluding hydrogens is 296 g/mol. The van der Waals surface area contributed by atoms with Gasteiger partial charge in [-0.3, -0.25) is 4.79 Å². The first-order chi connectivity index (χ1) is 11.0. The Morgan fingerprint density at radius 3 is 1.91 bits per heavy atom. The molecule has 23 heavy (non-hydrogen) atoms. The van der Waals surface area contributed by atoms with Crippen molar-refractivity contribution < 1.29 is 24.5 Å². The van der Waals surface area contributed by atoms with E-state index >= 15 is 0 Å². The summed E-state index contributed by atoms with van der Waals surface area (Å²) in [5, 5.41) is 19.1. The van der Waals surface area contributed by atoms with Crippen LogP contribution in [0, 0.1) is 5.92 Å². The molecule has 0 saturated carbocycles. The fourth-order valence-electron chi connectivity index (χ4n) is 2.62. The van der Waals surface area contributed by atoms with Gasteiger partial charge < -0.3 is 14.9 Å². The van der Waals surface area contributed by atoms with E-state index in [2.05, 4.69) is 18.2 Å². The maximum Gasteiger partial charge on any atom is 0.331 e.